The summed E-state index contributed by atoms with van der Waals surface area (Å²) in [6, 6.07) is 0. The van der Waals surface area contributed by atoms with Gasteiger partial charge in [0.25, 0.3) is 5.91 Å². The fourth-order valence-corrected chi connectivity index (χ4v) is 1.48. The number of carbonyl (C=O) groups is 2. The lowest BCUT2D eigenvalue weighted by atomic mass is 10.3. The molecule has 2 amide bonds. The molecule has 2 rings (SSSR count). The van der Waals surface area contributed by atoms with Crippen LogP contribution in [0, 0.1) is 0 Å². The summed E-state index contributed by atoms with van der Waals surface area (Å²) in [7, 11) is 0. The average molecular weight is 185 g/mol. The number of carbonyl (C=O) groups excluding carboxylic acids is 2. The van der Waals surface area contributed by atoms with Gasteiger partial charge in [-0.3, -0.25) is 14.9 Å². The minimum absolute atomic E-state index is 0.124. The zero-order valence-corrected chi connectivity index (χ0v) is 7.12. The summed E-state index contributed by atoms with van der Waals surface area (Å²) in [6.07, 6.45) is 0.932. The van der Waals surface area contributed by atoms with Crippen LogP contribution in [0.15, 0.2) is 0 Å². The highest BCUT2D eigenvalue weighted by atomic mass is 16.7. The van der Waals surface area contributed by atoms with E-state index in [1.807, 2.05) is 0 Å². The van der Waals surface area contributed by atoms with Gasteiger partial charge in [0.05, 0.1) is 6.42 Å². The van der Waals surface area contributed by atoms with E-state index in [0.29, 0.717) is 6.61 Å². The van der Waals surface area contributed by atoms with E-state index in [2.05, 4.69) is 5.32 Å². The molecule has 2 saturated heterocycles. The summed E-state index contributed by atoms with van der Waals surface area (Å²) in [5.74, 6) is -0.617. The van der Waals surface area contributed by atoms with Crippen LogP contribution in [0.2, 0.25) is 0 Å². The Morgan fingerprint density at radius 3 is 2.85 bits per heavy atom. The Hall–Kier alpha value is -0.940. The molecule has 1 N–H and O–H groups in total. The first-order chi connectivity index (χ1) is 6.25. The minimum Gasteiger partial charge on any atom is -0.353 e. The maximum absolute atomic E-state index is 11.1. The van der Waals surface area contributed by atoms with Crippen LogP contribution in [0.1, 0.15) is 19.3 Å². The Morgan fingerprint density at radius 1 is 1.46 bits per heavy atom. The van der Waals surface area contributed by atoms with E-state index in [1.54, 1.807) is 0 Å². The summed E-state index contributed by atoms with van der Waals surface area (Å²) >= 11 is 0. The molecule has 2 fully saturated rings. The Labute approximate surface area is 75.4 Å². The van der Waals surface area contributed by atoms with Crippen molar-refractivity contribution in [3.8, 4) is 0 Å². The van der Waals surface area contributed by atoms with Crippen molar-refractivity contribution >= 4 is 11.8 Å². The smallest absolute Gasteiger partial charge is 0.256 e. The molecule has 1 unspecified atom stereocenters. The highest BCUT2D eigenvalue weighted by molar-refractivity contribution is 6.04. The Kier molecular flexibility index (Phi) is 2.28. The molecule has 0 aliphatic carbocycles. The standard InChI is InChI=1S/C8H11NO4/c10-6-4-5(8(11)9-6)13-7-2-1-3-12-7/h5,7H,1-4H2,(H,9,10,11)/t5-,7?/m0/s1. The van der Waals surface area contributed by atoms with Crippen LogP contribution in [-0.2, 0) is 19.1 Å². The number of hydrogen-bond acceptors (Lipinski definition) is 4. The molecule has 2 aliphatic heterocycles. The van der Waals surface area contributed by atoms with E-state index in [4.69, 9.17) is 9.47 Å². The molecule has 5 heteroatoms. The topological polar surface area (TPSA) is 64.6 Å². The second-order valence-corrected chi connectivity index (χ2v) is 3.18. The van der Waals surface area contributed by atoms with E-state index < -0.39 is 6.10 Å². The predicted molar refractivity (Wildman–Crippen MR) is 41.6 cm³/mol. The second-order valence-electron chi connectivity index (χ2n) is 3.18. The van der Waals surface area contributed by atoms with Crippen LogP contribution in [-0.4, -0.2) is 30.8 Å². The van der Waals surface area contributed by atoms with Gasteiger partial charge in [0.1, 0.15) is 6.10 Å². The number of rotatable bonds is 2. The lowest BCUT2D eigenvalue weighted by Crippen LogP contribution is -2.29. The summed E-state index contributed by atoms with van der Waals surface area (Å²) in [5.41, 5.74) is 0. The monoisotopic (exact) mass is 185 g/mol. The predicted octanol–water partition coefficient (Wildman–Crippen LogP) is -0.445. The van der Waals surface area contributed by atoms with Crippen molar-refractivity contribution in [2.45, 2.75) is 31.7 Å². The number of nitrogens with one attached hydrogen (secondary N) is 1. The quantitative estimate of drug-likeness (QED) is 0.592. The maximum atomic E-state index is 11.1. The normalized spacial score (nSPS) is 33.8. The highest BCUT2D eigenvalue weighted by Gasteiger charge is 2.34. The summed E-state index contributed by atoms with van der Waals surface area (Å²) in [4.78, 5) is 21.8. The molecule has 2 aliphatic rings. The Balaban J connectivity index is 1.87. The lowest BCUT2D eigenvalue weighted by Gasteiger charge is -2.13. The van der Waals surface area contributed by atoms with E-state index in [1.165, 1.54) is 0 Å². The molecule has 5 nitrogen and oxygen atoms in total. The molecule has 2 heterocycles. The zero-order chi connectivity index (χ0) is 9.26. The summed E-state index contributed by atoms with van der Waals surface area (Å²) < 4.78 is 10.5. The third kappa shape index (κ3) is 1.87. The Bertz CT molecular complexity index is 234. The number of hydrogen-bond donors (Lipinski definition) is 1. The van der Waals surface area contributed by atoms with Crippen molar-refractivity contribution < 1.29 is 19.1 Å². The molecule has 13 heavy (non-hydrogen) atoms. The van der Waals surface area contributed by atoms with Crippen molar-refractivity contribution in [1.82, 2.24) is 5.32 Å². The molecule has 72 valence electrons. The molecule has 0 bridgehead atoms. The van der Waals surface area contributed by atoms with Crippen molar-refractivity contribution in [1.29, 1.82) is 0 Å². The molecule has 0 aromatic carbocycles. The van der Waals surface area contributed by atoms with E-state index in [-0.39, 0.29) is 24.5 Å². The van der Waals surface area contributed by atoms with Crippen LogP contribution in [0.25, 0.3) is 0 Å². The molecule has 0 radical (unpaired) electrons. The SMILES string of the molecule is O=C1C[C@H](OC2CCCO2)C(=O)N1. The molecular formula is C8H11NO4. The third-order valence-electron chi connectivity index (χ3n) is 2.13. The van der Waals surface area contributed by atoms with Gasteiger partial charge >= 0.3 is 0 Å². The zero-order valence-electron chi connectivity index (χ0n) is 7.12. The number of ether oxygens (including phenoxy) is 2. The summed E-state index contributed by atoms with van der Waals surface area (Å²) in [6.45, 7) is 0.674. The number of imide groups is 1. The summed E-state index contributed by atoms with van der Waals surface area (Å²) in [5, 5.41) is 2.18. The van der Waals surface area contributed by atoms with Gasteiger partial charge < -0.3 is 9.47 Å². The van der Waals surface area contributed by atoms with Gasteiger partial charge in [-0.1, -0.05) is 0 Å². The Morgan fingerprint density at radius 2 is 2.31 bits per heavy atom. The van der Waals surface area contributed by atoms with Crippen LogP contribution in [0.5, 0.6) is 0 Å². The fraction of sp³-hybridized carbons (Fsp3) is 0.750. The first kappa shape index (κ1) is 8.65. The minimum atomic E-state index is -0.643. The molecule has 0 aromatic rings. The molecular weight excluding hydrogens is 174 g/mol. The lowest BCUT2D eigenvalue weighted by molar-refractivity contribution is -0.159. The molecule has 2 atom stereocenters. The van der Waals surface area contributed by atoms with E-state index >= 15 is 0 Å². The van der Waals surface area contributed by atoms with Crippen molar-refractivity contribution in [3.63, 3.8) is 0 Å². The molecule has 0 saturated carbocycles. The van der Waals surface area contributed by atoms with Crippen LogP contribution in [0.3, 0.4) is 0 Å². The van der Waals surface area contributed by atoms with Crippen LogP contribution in [0.4, 0.5) is 0 Å². The second kappa shape index (κ2) is 3.43. The van der Waals surface area contributed by atoms with Gasteiger partial charge in [0.15, 0.2) is 6.29 Å². The van der Waals surface area contributed by atoms with Gasteiger partial charge in [0, 0.05) is 13.0 Å². The maximum Gasteiger partial charge on any atom is 0.256 e. The van der Waals surface area contributed by atoms with Gasteiger partial charge in [-0.2, -0.15) is 0 Å². The third-order valence-corrected chi connectivity index (χ3v) is 2.13. The van der Waals surface area contributed by atoms with Gasteiger partial charge in [-0.15, -0.1) is 0 Å². The van der Waals surface area contributed by atoms with Gasteiger partial charge in [-0.25, -0.2) is 0 Å². The van der Waals surface area contributed by atoms with Gasteiger partial charge in [-0.05, 0) is 6.42 Å². The van der Waals surface area contributed by atoms with E-state index in [9.17, 15) is 9.59 Å². The molecule has 0 aromatic heterocycles. The first-order valence-electron chi connectivity index (χ1n) is 4.36. The van der Waals surface area contributed by atoms with Crippen molar-refractivity contribution in [2.75, 3.05) is 6.61 Å². The first-order valence-corrected chi connectivity index (χ1v) is 4.36. The molecule has 0 spiro atoms. The van der Waals surface area contributed by atoms with Crippen molar-refractivity contribution in [3.05, 3.63) is 0 Å². The van der Waals surface area contributed by atoms with Gasteiger partial charge in [0.2, 0.25) is 5.91 Å². The highest BCUT2D eigenvalue weighted by Crippen LogP contribution is 2.18. The fourth-order valence-electron chi connectivity index (χ4n) is 1.48. The van der Waals surface area contributed by atoms with Crippen molar-refractivity contribution in [2.24, 2.45) is 0 Å². The number of amides is 2. The van der Waals surface area contributed by atoms with Crippen LogP contribution < -0.4 is 5.32 Å². The average Bonchev–Trinajstić information content (AvgIpc) is 2.63. The largest absolute Gasteiger partial charge is 0.353 e. The van der Waals surface area contributed by atoms with E-state index in [0.717, 1.165) is 12.8 Å². The van der Waals surface area contributed by atoms with Crippen LogP contribution >= 0.6 is 0 Å².